The maximum Gasteiger partial charge on any atom is 0.416 e. The SMILES string of the molecule is O=C(O)Cn1c(O)c(/C=C2\C=NN=C2c2ccc(C(F)(F)F)cc2)sc1=S. The van der Waals surface area contributed by atoms with Crippen LogP contribution in [0.2, 0.25) is 0 Å². The zero-order valence-corrected chi connectivity index (χ0v) is 14.9. The lowest BCUT2D eigenvalue weighted by Crippen LogP contribution is -2.08. The van der Waals surface area contributed by atoms with Crippen molar-refractivity contribution in [2.45, 2.75) is 12.7 Å². The van der Waals surface area contributed by atoms with Gasteiger partial charge in [0.1, 0.15) is 12.3 Å². The maximum atomic E-state index is 12.7. The third-order valence-corrected chi connectivity index (χ3v) is 4.97. The molecule has 1 aromatic carbocycles. The van der Waals surface area contributed by atoms with Crippen molar-refractivity contribution in [1.29, 1.82) is 0 Å². The highest BCUT2D eigenvalue weighted by atomic mass is 32.1. The first-order valence-electron chi connectivity index (χ1n) is 7.32. The molecule has 0 atom stereocenters. The number of hydrogen-bond donors (Lipinski definition) is 2. The minimum Gasteiger partial charge on any atom is -0.493 e. The number of hydrogen-bond acceptors (Lipinski definition) is 6. The molecule has 0 bridgehead atoms. The van der Waals surface area contributed by atoms with Gasteiger partial charge in [0.15, 0.2) is 3.95 Å². The molecule has 1 aliphatic rings. The topological polar surface area (TPSA) is 87.2 Å². The van der Waals surface area contributed by atoms with Gasteiger partial charge in [0.05, 0.1) is 16.7 Å². The van der Waals surface area contributed by atoms with Gasteiger partial charge in [-0.2, -0.15) is 18.3 Å². The van der Waals surface area contributed by atoms with E-state index < -0.39 is 24.3 Å². The lowest BCUT2D eigenvalue weighted by atomic mass is 10.0. The number of allylic oxidation sites excluding steroid dienone is 1. The van der Waals surface area contributed by atoms with Gasteiger partial charge in [0.2, 0.25) is 5.88 Å². The van der Waals surface area contributed by atoms with Crippen molar-refractivity contribution in [2.75, 3.05) is 0 Å². The molecule has 1 aromatic heterocycles. The van der Waals surface area contributed by atoms with Crippen LogP contribution in [0, 0.1) is 3.95 Å². The summed E-state index contributed by atoms with van der Waals surface area (Å²) in [5, 5.41) is 26.7. The van der Waals surface area contributed by atoms with E-state index in [2.05, 4.69) is 10.2 Å². The molecule has 0 fully saturated rings. The molecule has 0 aliphatic carbocycles. The number of rotatable bonds is 4. The molecule has 140 valence electrons. The lowest BCUT2D eigenvalue weighted by molar-refractivity contribution is -0.138. The van der Waals surface area contributed by atoms with E-state index in [9.17, 15) is 23.1 Å². The second kappa shape index (κ2) is 7.08. The summed E-state index contributed by atoms with van der Waals surface area (Å²) in [6.07, 6.45) is -1.55. The predicted molar refractivity (Wildman–Crippen MR) is 96.9 cm³/mol. The largest absolute Gasteiger partial charge is 0.493 e. The van der Waals surface area contributed by atoms with Gasteiger partial charge >= 0.3 is 12.1 Å². The van der Waals surface area contributed by atoms with E-state index in [4.69, 9.17) is 17.3 Å². The molecular weight excluding hydrogens is 403 g/mol. The highest BCUT2D eigenvalue weighted by Crippen LogP contribution is 2.31. The number of alkyl halides is 3. The molecule has 0 saturated heterocycles. The van der Waals surface area contributed by atoms with E-state index >= 15 is 0 Å². The molecule has 3 rings (SSSR count). The zero-order chi connectivity index (χ0) is 19.8. The Kier molecular flexibility index (Phi) is 4.98. The van der Waals surface area contributed by atoms with Crippen LogP contribution in [0.5, 0.6) is 5.88 Å². The van der Waals surface area contributed by atoms with Crippen molar-refractivity contribution in [1.82, 2.24) is 4.57 Å². The second-order valence-electron chi connectivity index (χ2n) is 5.40. The number of nitrogens with zero attached hydrogens (tertiary/aromatic N) is 3. The molecule has 2 N–H and O–H groups in total. The predicted octanol–water partition coefficient (Wildman–Crippen LogP) is 3.96. The Balaban J connectivity index is 1.94. The van der Waals surface area contributed by atoms with Gasteiger partial charge in [-0.05, 0) is 30.4 Å². The van der Waals surface area contributed by atoms with Gasteiger partial charge in [-0.3, -0.25) is 9.36 Å². The molecule has 0 spiro atoms. The smallest absolute Gasteiger partial charge is 0.416 e. The van der Waals surface area contributed by atoms with Gasteiger partial charge < -0.3 is 10.2 Å². The van der Waals surface area contributed by atoms with Gasteiger partial charge in [0.25, 0.3) is 0 Å². The summed E-state index contributed by atoms with van der Waals surface area (Å²) in [7, 11) is 0. The monoisotopic (exact) mass is 413 g/mol. The quantitative estimate of drug-likeness (QED) is 0.743. The first-order valence-corrected chi connectivity index (χ1v) is 8.54. The molecule has 27 heavy (non-hydrogen) atoms. The van der Waals surface area contributed by atoms with E-state index in [0.29, 0.717) is 21.7 Å². The molecular formula is C16H10F3N3O3S2. The summed E-state index contributed by atoms with van der Waals surface area (Å²) in [5.41, 5.74) is 0.411. The molecule has 0 amide bonds. The average Bonchev–Trinajstić information content (AvgIpc) is 3.14. The number of carbonyl (C=O) groups is 1. The van der Waals surface area contributed by atoms with Crippen molar-refractivity contribution >= 4 is 47.5 Å². The first-order chi connectivity index (χ1) is 12.7. The van der Waals surface area contributed by atoms with Crippen LogP contribution in [0.25, 0.3) is 6.08 Å². The molecule has 2 heterocycles. The standard InChI is InChI=1S/C16H10F3N3O3S2/c17-16(18,19)10-3-1-8(2-4-10)13-9(6-20-21-13)5-11-14(25)22(7-12(23)24)15(26)27-11/h1-6,25H,7H2,(H,23,24)/b9-5+. The highest BCUT2D eigenvalue weighted by molar-refractivity contribution is 7.73. The number of aromatic hydroxyl groups is 1. The Bertz CT molecular complexity index is 1050. The third-order valence-electron chi connectivity index (χ3n) is 3.59. The number of aliphatic carboxylic acids is 1. The third kappa shape index (κ3) is 3.98. The van der Waals surface area contributed by atoms with E-state index in [1.165, 1.54) is 24.4 Å². The molecule has 0 unspecified atom stereocenters. The molecule has 11 heteroatoms. The Labute approximate surface area is 159 Å². The Morgan fingerprint density at radius 3 is 2.56 bits per heavy atom. The number of carboxylic acids is 1. The normalized spacial score (nSPS) is 15.4. The van der Waals surface area contributed by atoms with Crippen LogP contribution >= 0.6 is 23.6 Å². The van der Waals surface area contributed by atoms with Crippen LogP contribution in [0.4, 0.5) is 13.2 Å². The Morgan fingerprint density at radius 2 is 1.96 bits per heavy atom. The minimum absolute atomic E-state index is 0.171. The minimum atomic E-state index is -4.44. The summed E-state index contributed by atoms with van der Waals surface area (Å²) in [5.74, 6) is -1.47. The van der Waals surface area contributed by atoms with Crippen LogP contribution in [-0.2, 0) is 17.5 Å². The molecule has 1 aliphatic heterocycles. The lowest BCUT2D eigenvalue weighted by Gasteiger charge is -2.08. The summed E-state index contributed by atoms with van der Waals surface area (Å²) in [4.78, 5) is 11.1. The Hall–Kier alpha value is -2.79. The van der Waals surface area contributed by atoms with Gasteiger partial charge in [-0.1, -0.05) is 12.1 Å². The number of halogens is 3. The zero-order valence-electron chi connectivity index (χ0n) is 13.3. The maximum absolute atomic E-state index is 12.7. The summed E-state index contributed by atoms with van der Waals surface area (Å²) in [6.45, 7) is -0.488. The van der Waals surface area contributed by atoms with Crippen LogP contribution in [0.3, 0.4) is 0 Å². The number of thiazole rings is 1. The fraction of sp³-hybridized carbons (Fsp3) is 0.125. The second-order valence-corrected chi connectivity index (χ2v) is 7.08. The van der Waals surface area contributed by atoms with Crippen LogP contribution in [0.15, 0.2) is 40.0 Å². The number of carboxylic acid groups (broad SMARTS) is 1. The molecule has 0 radical (unpaired) electrons. The highest BCUT2D eigenvalue weighted by Gasteiger charge is 2.30. The van der Waals surface area contributed by atoms with Gasteiger partial charge in [-0.25, -0.2) is 0 Å². The van der Waals surface area contributed by atoms with Crippen molar-refractivity contribution in [3.8, 4) is 5.88 Å². The van der Waals surface area contributed by atoms with E-state index in [1.807, 2.05) is 0 Å². The molecule has 6 nitrogen and oxygen atoms in total. The molecule has 2 aromatic rings. The summed E-state index contributed by atoms with van der Waals surface area (Å²) < 4.78 is 39.3. The Morgan fingerprint density at radius 1 is 1.30 bits per heavy atom. The van der Waals surface area contributed by atoms with Crippen molar-refractivity contribution in [3.05, 3.63) is 49.8 Å². The van der Waals surface area contributed by atoms with Crippen LogP contribution in [-0.4, -0.2) is 32.7 Å². The van der Waals surface area contributed by atoms with E-state index in [0.717, 1.165) is 28.0 Å². The van der Waals surface area contributed by atoms with Crippen molar-refractivity contribution < 1.29 is 28.2 Å². The van der Waals surface area contributed by atoms with Crippen molar-refractivity contribution in [2.24, 2.45) is 10.2 Å². The van der Waals surface area contributed by atoms with Crippen molar-refractivity contribution in [3.63, 3.8) is 0 Å². The van der Waals surface area contributed by atoms with Gasteiger partial charge in [-0.15, -0.1) is 16.4 Å². The number of benzene rings is 1. The first kappa shape index (κ1) is 19.0. The van der Waals surface area contributed by atoms with Gasteiger partial charge in [0, 0.05) is 11.1 Å². The average molecular weight is 413 g/mol. The molecule has 0 saturated carbocycles. The fourth-order valence-corrected chi connectivity index (χ4v) is 3.60. The fourth-order valence-electron chi connectivity index (χ4n) is 2.34. The van der Waals surface area contributed by atoms with Crippen LogP contribution in [0.1, 0.15) is 16.0 Å². The summed E-state index contributed by atoms with van der Waals surface area (Å²) >= 11 is 6.05. The van der Waals surface area contributed by atoms with E-state index in [-0.39, 0.29) is 9.83 Å². The van der Waals surface area contributed by atoms with Crippen LogP contribution < -0.4 is 0 Å². The number of aromatic nitrogens is 1. The van der Waals surface area contributed by atoms with E-state index in [1.54, 1.807) is 0 Å². The summed E-state index contributed by atoms with van der Waals surface area (Å²) in [6, 6.07) is 4.44.